The normalized spacial score (nSPS) is 12.3. The molecule has 0 amide bonds. The first-order valence-electron chi connectivity index (χ1n) is 9.54. The van der Waals surface area contributed by atoms with Gasteiger partial charge in [0.25, 0.3) is 0 Å². The molecule has 2 aromatic rings. The second-order valence-corrected chi connectivity index (χ2v) is 8.07. The Morgan fingerprint density at radius 1 is 0.966 bits per heavy atom. The van der Waals surface area contributed by atoms with E-state index in [1.54, 1.807) is 58.2 Å². The fourth-order valence-corrected chi connectivity index (χ4v) is 4.79. The van der Waals surface area contributed by atoms with Gasteiger partial charge in [-0.1, -0.05) is 18.2 Å². The molecule has 2 aromatic carbocycles. The second kappa shape index (κ2) is 11.0. The number of rotatable bonds is 11. The number of benzene rings is 2. The van der Waals surface area contributed by atoms with Gasteiger partial charge in [-0.15, -0.1) is 0 Å². The van der Waals surface area contributed by atoms with Crippen molar-refractivity contribution >= 4 is 19.3 Å². The zero-order valence-corrected chi connectivity index (χ0v) is 18.1. The van der Waals surface area contributed by atoms with Crippen molar-refractivity contribution in [3.63, 3.8) is 0 Å². The largest absolute Gasteiger partial charge is 0.496 e. The summed E-state index contributed by atoms with van der Waals surface area (Å²) in [6, 6.07) is 14.0. The smallest absolute Gasteiger partial charge is 0.357 e. The van der Waals surface area contributed by atoms with E-state index in [0.29, 0.717) is 29.2 Å². The van der Waals surface area contributed by atoms with Gasteiger partial charge in [-0.3, -0.25) is 4.57 Å². The highest BCUT2D eigenvalue weighted by Crippen LogP contribution is 2.62. The Bertz CT molecular complexity index is 829. The van der Waals surface area contributed by atoms with Gasteiger partial charge in [0.1, 0.15) is 5.75 Å². The highest BCUT2D eigenvalue weighted by atomic mass is 31.2. The van der Waals surface area contributed by atoms with E-state index in [-0.39, 0.29) is 13.2 Å². The Kier molecular flexibility index (Phi) is 8.70. The number of anilines is 1. The Balaban J connectivity index is 2.42. The lowest BCUT2D eigenvalue weighted by molar-refractivity contribution is 0.0526. The number of hydrogen-bond donors (Lipinski definition) is 1. The van der Waals surface area contributed by atoms with Gasteiger partial charge < -0.3 is 23.8 Å². The zero-order valence-electron chi connectivity index (χ0n) is 17.2. The maximum Gasteiger partial charge on any atom is 0.357 e. The van der Waals surface area contributed by atoms with E-state index >= 15 is 0 Å². The molecule has 0 spiro atoms. The van der Waals surface area contributed by atoms with Gasteiger partial charge in [-0.05, 0) is 51.1 Å². The van der Waals surface area contributed by atoms with Crippen molar-refractivity contribution in [2.24, 2.45) is 0 Å². The summed E-state index contributed by atoms with van der Waals surface area (Å²) in [5, 5.41) is 3.23. The lowest BCUT2D eigenvalue weighted by Gasteiger charge is -2.29. The third-order valence-electron chi connectivity index (χ3n) is 4.07. The number of nitrogens with one attached hydrogen (secondary N) is 1. The Hall–Kier alpha value is -2.34. The number of hydrogen-bond acceptors (Lipinski definition) is 7. The summed E-state index contributed by atoms with van der Waals surface area (Å²) in [7, 11) is -2.03. The molecule has 8 heteroatoms. The van der Waals surface area contributed by atoms with Crippen LogP contribution in [0.3, 0.4) is 0 Å². The number of para-hydroxylation sites is 1. The summed E-state index contributed by atoms with van der Waals surface area (Å²) < 4.78 is 35.3. The minimum Gasteiger partial charge on any atom is -0.496 e. The first-order chi connectivity index (χ1) is 14.0. The molecule has 0 saturated carbocycles. The fraction of sp³-hybridized carbons (Fsp3) is 0.381. The van der Waals surface area contributed by atoms with Crippen LogP contribution in [0.25, 0.3) is 0 Å². The first-order valence-corrected chi connectivity index (χ1v) is 11.2. The van der Waals surface area contributed by atoms with Crippen molar-refractivity contribution in [3.8, 4) is 5.75 Å². The number of carbonyl (C=O) groups is 1. The molecule has 0 aliphatic rings. The van der Waals surface area contributed by atoms with Gasteiger partial charge in [-0.25, -0.2) is 4.79 Å². The molecule has 158 valence electrons. The molecule has 7 nitrogen and oxygen atoms in total. The van der Waals surface area contributed by atoms with Crippen LogP contribution in [0.15, 0.2) is 48.5 Å². The summed E-state index contributed by atoms with van der Waals surface area (Å²) in [6.45, 7) is 6.04. The van der Waals surface area contributed by atoms with E-state index in [1.165, 1.54) is 0 Å². The molecule has 0 fully saturated rings. The topological polar surface area (TPSA) is 83.1 Å². The Morgan fingerprint density at radius 3 is 2.14 bits per heavy atom. The second-order valence-electron chi connectivity index (χ2n) is 5.96. The molecular formula is C21H28NO6P. The number of methoxy groups -OCH3 is 1. The monoisotopic (exact) mass is 421 g/mol. The number of ether oxygens (including phenoxy) is 2. The molecule has 1 N–H and O–H groups in total. The maximum atomic E-state index is 13.6. The summed E-state index contributed by atoms with van der Waals surface area (Å²) in [5.41, 5.74) is 1.73. The molecule has 29 heavy (non-hydrogen) atoms. The van der Waals surface area contributed by atoms with Crippen molar-refractivity contribution < 1.29 is 27.9 Å². The molecule has 0 saturated heterocycles. The van der Waals surface area contributed by atoms with Gasteiger partial charge in [0, 0.05) is 11.3 Å². The average molecular weight is 421 g/mol. The predicted octanol–water partition coefficient (Wildman–Crippen LogP) is 5.25. The molecular weight excluding hydrogens is 393 g/mol. The van der Waals surface area contributed by atoms with Crippen molar-refractivity contribution in [1.82, 2.24) is 0 Å². The van der Waals surface area contributed by atoms with Crippen molar-refractivity contribution in [3.05, 3.63) is 59.7 Å². The van der Waals surface area contributed by atoms with E-state index in [2.05, 4.69) is 5.32 Å². The third-order valence-corrected chi connectivity index (χ3v) is 6.34. The molecule has 1 unspecified atom stereocenters. The van der Waals surface area contributed by atoms with Crippen LogP contribution in [0.1, 0.15) is 42.5 Å². The Labute approximate surface area is 171 Å². The number of esters is 1. The van der Waals surface area contributed by atoms with Gasteiger partial charge in [0.05, 0.1) is 32.5 Å². The van der Waals surface area contributed by atoms with Crippen molar-refractivity contribution in [2.45, 2.75) is 26.6 Å². The molecule has 0 aliphatic heterocycles. The number of carbonyl (C=O) groups excluding carboxylic acids is 1. The third kappa shape index (κ3) is 5.82. The van der Waals surface area contributed by atoms with Crippen LogP contribution in [0.4, 0.5) is 5.69 Å². The van der Waals surface area contributed by atoms with E-state index in [4.69, 9.17) is 18.5 Å². The lowest BCUT2D eigenvalue weighted by Crippen LogP contribution is -2.16. The van der Waals surface area contributed by atoms with Crippen LogP contribution in [-0.2, 0) is 18.3 Å². The standard InChI is InChI=1S/C21H28NO6P/c1-5-26-21(23)16-12-14-17(15-13-16)22-20(29(24,27-6-2)28-7-3)18-10-8-9-11-19(18)25-4/h8-15,20,22H,5-7H2,1-4H3. The van der Waals surface area contributed by atoms with Gasteiger partial charge >= 0.3 is 13.6 Å². The molecule has 2 rings (SSSR count). The average Bonchev–Trinajstić information content (AvgIpc) is 2.73. The van der Waals surface area contributed by atoms with Crippen LogP contribution in [0.2, 0.25) is 0 Å². The Morgan fingerprint density at radius 2 is 1.59 bits per heavy atom. The van der Waals surface area contributed by atoms with Crippen LogP contribution in [0, 0.1) is 0 Å². The summed E-state index contributed by atoms with van der Waals surface area (Å²) in [6.07, 6.45) is 0. The van der Waals surface area contributed by atoms with Crippen molar-refractivity contribution in [1.29, 1.82) is 0 Å². The van der Waals surface area contributed by atoms with Crippen LogP contribution < -0.4 is 10.1 Å². The lowest BCUT2D eigenvalue weighted by atomic mass is 10.1. The van der Waals surface area contributed by atoms with Gasteiger partial charge in [0.15, 0.2) is 5.78 Å². The summed E-state index contributed by atoms with van der Waals surface area (Å²) >= 11 is 0. The van der Waals surface area contributed by atoms with E-state index in [0.717, 1.165) is 0 Å². The van der Waals surface area contributed by atoms with E-state index < -0.39 is 19.3 Å². The molecule has 0 heterocycles. The molecule has 0 bridgehead atoms. The van der Waals surface area contributed by atoms with Gasteiger partial charge in [-0.2, -0.15) is 0 Å². The van der Waals surface area contributed by atoms with E-state index in [9.17, 15) is 9.36 Å². The highest BCUT2D eigenvalue weighted by Gasteiger charge is 2.38. The van der Waals surface area contributed by atoms with Crippen molar-refractivity contribution in [2.75, 3.05) is 32.2 Å². The van der Waals surface area contributed by atoms with Crippen LogP contribution in [-0.4, -0.2) is 32.9 Å². The fourth-order valence-electron chi connectivity index (χ4n) is 2.84. The van der Waals surface area contributed by atoms with Gasteiger partial charge in [0.2, 0.25) is 0 Å². The highest BCUT2D eigenvalue weighted by molar-refractivity contribution is 7.54. The zero-order chi connectivity index (χ0) is 21.3. The first kappa shape index (κ1) is 22.9. The van der Waals surface area contributed by atoms with E-state index in [1.807, 2.05) is 18.2 Å². The summed E-state index contributed by atoms with van der Waals surface area (Å²) in [5.74, 6) is -0.630. The van der Waals surface area contributed by atoms with Crippen LogP contribution in [0.5, 0.6) is 5.75 Å². The maximum absolute atomic E-state index is 13.6. The predicted molar refractivity (Wildman–Crippen MR) is 113 cm³/mol. The minimum absolute atomic E-state index is 0.229. The molecule has 0 aliphatic carbocycles. The quantitative estimate of drug-likeness (QED) is 0.392. The molecule has 0 aromatic heterocycles. The summed E-state index contributed by atoms with van der Waals surface area (Å²) in [4.78, 5) is 11.9. The minimum atomic E-state index is -3.58. The molecule has 1 atom stereocenters. The molecule has 0 radical (unpaired) electrons. The SMILES string of the molecule is CCOC(=O)c1ccc(NC(c2ccccc2OC)P(=O)(OCC)OCC)cc1. The van der Waals surface area contributed by atoms with Crippen LogP contribution >= 0.6 is 7.60 Å².